The standard InChI is InChI=1S/C18H17NO3/c1-2-22-18(21)9-10-19-16-6-4-3-5-14(16)15-11-13(12-20)7-8-17(15)19/h3-8,11-12H,2,9-10H2,1H3. The lowest BCUT2D eigenvalue weighted by molar-refractivity contribution is -0.143. The van der Waals surface area contributed by atoms with Gasteiger partial charge in [0.25, 0.3) is 0 Å². The second-order valence-corrected chi connectivity index (χ2v) is 5.12. The van der Waals surface area contributed by atoms with Gasteiger partial charge in [0.15, 0.2) is 0 Å². The van der Waals surface area contributed by atoms with Crippen molar-refractivity contribution in [3.8, 4) is 0 Å². The predicted molar refractivity (Wildman–Crippen MR) is 86.1 cm³/mol. The topological polar surface area (TPSA) is 48.3 Å². The van der Waals surface area contributed by atoms with Crippen molar-refractivity contribution in [2.45, 2.75) is 19.9 Å². The third-order valence-corrected chi connectivity index (χ3v) is 3.78. The molecule has 0 N–H and O–H groups in total. The maximum atomic E-state index is 11.6. The van der Waals surface area contributed by atoms with Crippen LogP contribution in [0.2, 0.25) is 0 Å². The summed E-state index contributed by atoms with van der Waals surface area (Å²) in [5.74, 6) is -0.196. The minimum Gasteiger partial charge on any atom is -0.466 e. The quantitative estimate of drug-likeness (QED) is 0.534. The lowest BCUT2D eigenvalue weighted by atomic mass is 10.1. The number of fused-ring (bicyclic) bond motifs is 3. The van der Waals surface area contributed by atoms with Crippen LogP contribution in [0, 0.1) is 0 Å². The second-order valence-electron chi connectivity index (χ2n) is 5.12. The lowest BCUT2D eigenvalue weighted by Gasteiger charge is -2.07. The molecule has 0 aliphatic carbocycles. The number of hydrogen-bond acceptors (Lipinski definition) is 3. The SMILES string of the molecule is CCOC(=O)CCn1c2ccccc2c2cc(C=O)ccc21. The number of para-hydroxylation sites is 1. The first kappa shape index (κ1) is 14.3. The summed E-state index contributed by atoms with van der Waals surface area (Å²) in [6.45, 7) is 2.76. The molecule has 1 heterocycles. The van der Waals surface area contributed by atoms with Gasteiger partial charge in [-0.15, -0.1) is 0 Å². The molecule has 1 aromatic heterocycles. The van der Waals surface area contributed by atoms with E-state index >= 15 is 0 Å². The summed E-state index contributed by atoms with van der Waals surface area (Å²) in [6.07, 6.45) is 1.18. The van der Waals surface area contributed by atoms with Gasteiger partial charge in [0, 0.05) is 33.9 Å². The molecular weight excluding hydrogens is 278 g/mol. The molecule has 0 saturated carbocycles. The number of rotatable bonds is 5. The van der Waals surface area contributed by atoms with Gasteiger partial charge in [0.1, 0.15) is 6.29 Å². The van der Waals surface area contributed by atoms with Crippen molar-refractivity contribution in [3.05, 3.63) is 48.0 Å². The molecule has 0 radical (unpaired) electrons. The van der Waals surface area contributed by atoms with E-state index in [1.165, 1.54) is 0 Å². The van der Waals surface area contributed by atoms with E-state index in [1.807, 2.05) is 36.4 Å². The summed E-state index contributed by atoms with van der Waals surface area (Å²) >= 11 is 0. The zero-order valence-corrected chi connectivity index (χ0v) is 12.4. The van der Waals surface area contributed by atoms with E-state index in [9.17, 15) is 9.59 Å². The summed E-state index contributed by atoms with van der Waals surface area (Å²) in [7, 11) is 0. The Morgan fingerprint density at radius 1 is 1.14 bits per heavy atom. The van der Waals surface area contributed by atoms with Crippen LogP contribution in [0.4, 0.5) is 0 Å². The third kappa shape index (κ3) is 2.48. The minimum absolute atomic E-state index is 0.196. The van der Waals surface area contributed by atoms with Crippen LogP contribution < -0.4 is 0 Å². The molecule has 0 saturated heterocycles. The zero-order valence-electron chi connectivity index (χ0n) is 12.4. The average molecular weight is 295 g/mol. The Labute approximate surface area is 128 Å². The van der Waals surface area contributed by atoms with Gasteiger partial charge < -0.3 is 9.30 Å². The third-order valence-electron chi connectivity index (χ3n) is 3.78. The van der Waals surface area contributed by atoms with Gasteiger partial charge in [-0.2, -0.15) is 0 Å². The molecule has 0 spiro atoms. The summed E-state index contributed by atoms with van der Waals surface area (Å²) in [6, 6.07) is 13.6. The molecule has 0 atom stereocenters. The van der Waals surface area contributed by atoms with E-state index in [-0.39, 0.29) is 5.97 Å². The van der Waals surface area contributed by atoms with Gasteiger partial charge >= 0.3 is 5.97 Å². The maximum Gasteiger partial charge on any atom is 0.307 e. The molecule has 0 amide bonds. The van der Waals surface area contributed by atoms with Crippen LogP contribution in [0.1, 0.15) is 23.7 Å². The second kappa shape index (κ2) is 6.02. The van der Waals surface area contributed by atoms with Crippen LogP contribution in [-0.2, 0) is 16.1 Å². The van der Waals surface area contributed by atoms with Crippen molar-refractivity contribution in [1.29, 1.82) is 0 Å². The summed E-state index contributed by atoms with van der Waals surface area (Å²) in [5.41, 5.74) is 2.74. The highest BCUT2D eigenvalue weighted by molar-refractivity contribution is 6.09. The van der Waals surface area contributed by atoms with Crippen molar-refractivity contribution in [1.82, 2.24) is 4.57 Å². The first-order chi connectivity index (χ1) is 10.7. The van der Waals surface area contributed by atoms with Crippen molar-refractivity contribution in [2.75, 3.05) is 6.61 Å². The fraction of sp³-hybridized carbons (Fsp3) is 0.222. The first-order valence-corrected chi connectivity index (χ1v) is 7.36. The zero-order chi connectivity index (χ0) is 15.5. The van der Waals surface area contributed by atoms with Gasteiger partial charge in [-0.25, -0.2) is 0 Å². The molecule has 112 valence electrons. The van der Waals surface area contributed by atoms with Gasteiger partial charge in [-0.3, -0.25) is 9.59 Å². The van der Waals surface area contributed by atoms with Crippen LogP contribution in [0.15, 0.2) is 42.5 Å². The number of carbonyl (C=O) groups is 2. The Morgan fingerprint density at radius 3 is 2.68 bits per heavy atom. The number of aryl methyl sites for hydroxylation is 1. The predicted octanol–water partition coefficient (Wildman–Crippen LogP) is 3.56. The number of aromatic nitrogens is 1. The highest BCUT2D eigenvalue weighted by Crippen LogP contribution is 2.29. The van der Waals surface area contributed by atoms with E-state index in [0.717, 1.165) is 28.1 Å². The molecule has 4 heteroatoms. The minimum atomic E-state index is -0.196. The van der Waals surface area contributed by atoms with Crippen molar-refractivity contribution in [3.63, 3.8) is 0 Å². The highest BCUT2D eigenvalue weighted by Gasteiger charge is 2.12. The molecule has 3 rings (SSSR count). The van der Waals surface area contributed by atoms with Crippen molar-refractivity contribution < 1.29 is 14.3 Å². The molecule has 0 bridgehead atoms. The van der Waals surface area contributed by atoms with Gasteiger partial charge in [0.05, 0.1) is 13.0 Å². The van der Waals surface area contributed by atoms with Crippen molar-refractivity contribution in [2.24, 2.45) is 0 Å². The lowest BCUT2D eigenvalue weighted by Crippen LogP contribution is -2.08. The Bertz CT molecular complexity index is 848. The Morgan fingerprint density at radius 2 is 1.91 bits per heavy atom. The molecule has 22 heavy (non-hydrogen) atoms. The van der Waals surface area contributed by atoms with Gasteiger partial charge in [-0.1, -0.05) is 18.2 Å². The molecule has 2 aromatic carbocycles. The number of nitrogens with zero attached hydrogens (tertiary/aromatic N) is 1. The fourth-order valence-electron chi connectivity index (χ4n) is 2.82. The molecule has 0 aliphatic heterocycles. The Balaban J connectivity index is 2.10. The van der Waals surface area contributed by atoms with E-state index in [4.69, 9.17) is 4.74 Å². The van der Waals surface area contributed by atoms with Crippen LogP contribution in [0.3, 0.4) is 0 Å². The summed E-state index contributed by atoms with van der Waals surface area (Å²) in [5, 5.41) is 2.12. The fourth-order valence-corrected chi connectivity index (χ4v) is 2.82. The smallest absolute Gasteiger partial charge is 0.307 e. The summed E-state index contributed by atoms with van der Waals surface area (Å²) in [4.78, 5) is 22.6. The van der Waals surface area contributed by atoms with Gasteiger partial charge in [-0.05, 0) is 31.2 Å². The Hall–Kier alpha value is -2.62. The van der Waals surface area contributed by atoms with Gasteiger partial charge in [0.2, 0.25) is 0 Å². The number of ether oxygens (including phenoxy) is 1. The largest absolute Gasteiger partial charge is 0.466 e. The average Bonchev–Trinajstić information content (AvgIpc) is 2.86. The van der Waals surface area contributed by atoms with Crippen LogP contribution in [0.5, 0.6) is 0 Å². The number of esters is 1. The highest BCUT2D eigenvalue weighted by atomic mass is 16.5. The molecule has 0 aliphatic rings. The molecule has 4 nitrogen and oxygen atoms in total. The van der Waals surface area contributed by atoms with Crippen molar-refractivity contribution >= 4 is 34.1 Å². The molecule has 3 aromatic rings. The summed E-state index contributed by atoms with van der Waals surface area (Å²) < 4.78 is 7.11. The number of aldehydes is 1. The number of hydrogen-bond donors (Lipinski definition) is 0. The van der Waals surface area contributed by atoms with E-state index in [2.05, 4.69) is 4.57 Å². The van der Waals surface area contributed by atoms with E-state index in [1.54, 1.807) is 13.0 Å². The maximum absolute atomic E-state index is 11.6. The van der Waals surface area contributed by atoms with Crippen LogP contribution >= 0.6 is 0 Å². The van der Waals surface area contributed by atoms with E-state index in [0.29, 0.717) is 25.1 Å². The first-order valence-electron chi connectivity index (χ1n) is 7.36. The number of carbonyl (C=O) groups excluding carboxylic acids is 2. The molecule has 0 unspecified atom stereocenters. The van der Waals surface area contributed by atoms with E-state index < -0.39 is 0 Å². The number of benzene rings is 2. The molecular formula is C18H17NO3. The normalized spacial score (nSPS) is 11.0. The van der Waals surface area contributed by atoms with Crippen LogP contribution in [-0.4, -0.2) is 23.4 Å². The Kier molecular flexibility index (Phi) is 3.92. The molecule has 0 fully saturated rings. The van der Waals surface area contributed by atoms with Crippen LogP contribution in [0.25, 0.3) is 21.8 Å². The monoisotopic (exact) mass is 295 g/mol.